The highest BCUT2D eigenvalue weighted by Gasteiger charge is 2.01. The van der Waals surface area contributed by atoms with Crippen LogP contribution in [0, 0.1) is 5.92 Å². The van der Waals surface area contributed by atoms with Gasteiger partial charge in [0, 0.05) is 5.75 Å². The molecule has 0 heterocycles. The van der Waals surface area contributed by atoms with E-state index in [1.54, 1.807) is 0 Å². The van der Waals surface area contributed by atoms with E-state index in [4.69, 9.17) is 0 Å². The van der Waals surface area contributed by atoms with Crippen molar-refractivity contribution in [2.24, 2.45) is 5.92 Å². The number of hydrogen-bond donors (Lipinski definition) is 0. The first kappa shape index (κ1) is 9.70. The summed E-state index contributed by atoms with van der Waals surface area (Å²) in [5.41, 5.74) is 0. The smallest absolute Gasteiger partial charge is 0.00650 e. The predicted molar refractivity (Wildman–Crippen MR) is 50.0 cm³/mol. The van der Waals surface area contributed by atoms with Crippen LogP contribution in [0.2, 0.25) is 0 Å². The maximum atomic E-state index is 2.27. The second-order valence-corrected chi connectivity index (χ2v) is 4.74. The van der Waals surface area contributed by atoms with Gasteiger partial charge in [-0.25, -0.2) is 0 Å². The maximum absolute atomic E-state index is 2.27. The zero-order valence-electron chi connectivity index (χ0n) is 6.52. The Morgan fingerprint density at radius 3 is 2.11 bits per heavy atom. The highest BCUT2D eigenvalue weighted by atomic mass is 33.1. The molecule has 9 heavy (non-hydrogen) atoms. The molecule has 0 saturated heterocycles. The SMILES string of the molecule is CCC(CC)CSSC. The van der Waals surface area contributed by atoms with Crippen molar-refractivity contribution < 1.29 is 0 Å². The van der Waals surface area contributed by atoms with E-state index in [1.807, 2.05) is 21.6 Å². The third-order valence-electron chi connectivity index (χ3n) is 1.58. The van der Waals surface area contributed by atoms with Crippen molar-refractivity contribution in [1.29, 1.82) is 0 Å². The number of hydrogen-bond acceptors (Lipinski definition) is 2. The Bertz CT molecular complexity index is 50.9. The summed E-state index contributed by atoms with van der Waals surface area (Å²) in [5, 5.41) is 0. The molecule has 0 spiro atoms. The topological polar surface area (TPSA) is 0 Å². The van der Waals surface area contributed by atoms with Gasteiger partial charge >= 0.3 is 0 Å². The van der Waals surface area contributed by atoms with E-state index in [0.29, 0.717) is 0 Å². The molecule has 0 amide bonds. The summed E-state index contributed by atoms with van der Waals surface area (Å²) in [5.74, 6) is 2.27. The van der Waals surface area contributed by atoms with E-state index in [9.17, 15) is 0 Å². The monoisotopic (exact) mass is 164 g/mol. The molecule has 0 fully saturated rings. The highest BCUT2D eigenvalue weighted by Crippen LogP contribution is 2.23. The fourth-order valence-electron chi connectivity index (χ4n) is 0.689. The molecule has 0 N–H and O–H groups in total. The molecule has 0 nitrogen and oxygen atoms in total. The summed E-state index contributed by atoms with van der Waals surface area (Å²) in [6, 6.07) is 0. The van der Waals surface area contributed by atoms with Gasteiger partial charge in [-0.3, -0.25) is 0 Å². The maximum Gasteiger partial charge on any atom is 0.00650 e. The average Bonchev–Trinajstić information content (AvgIpc) is 1.91. The van der Waals surface area contributed by atoms with Gasteiger partial charge in [0.1, 0.15) is 0 Å². The zero-order valence-corrected chi connectivity index (χ0v) is 8.15. The van der Waals surface area contributed by atoms with Crippen LogP contribution in [0.3, 0.4) is 0 Å². The van der Waals surface area contributed by atoms with Crippen LogP contribution in [0.25, 0.3) is 0 Å². The second kappa shape index (κ2) is 6.81. The van der Waals surface area contributed by atoms with Crippen LogP contribution in [0.15, 0.2) is 0 Å². The molecule has 0 aliphatic heterocycles. The molecule has 0 aliphatic rings. The summed E-state index contributed by atoms with van der Waals surface area (Å²) in [6.45, 7) is 4.55. The normalized spacial score (nSPS) is 10.7. The highest BCUT2D eigenvalue weighted by molar-refractivity contribution is 8.76. The molecule has 0 aliphatic carbocycles. The Balaban J connectivity index is 3.09. The fraction of sp³-hybridized carbons (Fsp3) is 1.00. The first-order valence-corrected chi connectivity index (χ1v) is 6.23. The van der Waals surface area contributed by atoms with Crippen LogP contribution in [0.5, 0.6) is 0 Å². The molecule has 0 bridgehead atoms. The molecule has 0 saturated carbocycles. The van der Waals surface area contributed by atoms with E-state index < -0.39 is 0 Å². The molecule has 0 aromatic heterocycles. The molecule has 2 heteroatoms. The van der Waals surface area contributed by atoms with Crippen LogP contribution >= 0.6 is 21.6 Å². The average molecular weight is 164 g/mol. The van der Waals surface area contributed by atoms with Gasteiger partial charge in [-0.15, -0.1) is 0 Å². The summed E-state index contributed by atoms with van der Waals surface area (Å²) >= 11 is 0. The van der Waals surface area contributed by atoms with Gasteiger partial charge in [-0.1, -0.05) is 48.3 Å². The van der Waals surface area contributed by atoms with Gasteiger partial charge in [-0.05, 0) is 12.2 Å². The van der Waals surface area contributed by atoms with Crippen LogP contribution in [-0.4, -0.2) is 12.0 Å². The minimum Gasteiger partial charge on any atom is -0.0976 e. The van der Waals surface area contributed by atoms with Gasteiger partial charge in [0.25, 0.3) is 0 Å². The molecule has 0 aromatic carbocycles. The van der Waals surface area contributed by atoms with Crippen LogP contribution in [0.1, 0.15) is 26.7 Å². The molecule has 0 atom stereocenters. The Morgan fingerprint density at radius 2 is 1.78 bits per heavy atom. The first-order valence-electron chi connectivity index (χ1n) is 3.50. The Hall–Kier alpha value is 0.700. The Morgan fingerprint density at radius 1 is 1.22 bits per heavy atom. The zero-order chi connectivity index (χ0) is 7.11. The lowest BCUT2D eigenvalue weighted by Gasteiger charge is -2.08. The predicted octanol–water partition coefficient (Wildman–Crippen LogP) is 3.43. The lowest BCUT2D eigenvalue weighted by atomic mass is 10.1. The van der Waals surface area contributed by atoms with Crippen molar-refractivity contribution >= 4 is 21.6 Å². The number of rotatable bonds is 5. The van der Waals surface area contributed by atoms with Crippen molar-refractivity contribution in [3.05, 3.63) is 0 Å². The van der Waals surface area contributed by atoms with Gasteiger partial charge < -0.3 is 0 Å². The Kier molecular flexibility index (Phi) is 7.34. The third-order valence-corrected chi connectivity index (χ3v) is 3.53. The van der Waals surface area contributed by atoms with Gasteiger partial charge in [0.2, 0.25) is 0 Å². The molecular formula is C7H16S2. The van der Waals surface area contributed by atoms with Crippen LogP contribution < -0.4 is 0 Å². The molecule has 56 valence electrons. The van der Waals surface area contributed by atoms with Crippen LogP contribution in [0.4, 0.5) is 0 Å². The fourth-order valence-corrected chi connectivity index (χ4v) is 2.47. The van der Waals surface area contributed by atoms with Crippen LogP contribution in [-0.2, 0) is 0 Å². The summed E-state index contributed by atoms with van der Waals surface area (Å²) in [7, 11) is 3.86. The molecule has 0 unspecified atom stereocenters. The van der Waals surface area contributed by atoms with Crippen molar-refractivity contribution in [3.8, 4) is 0 Å². The minimum atomic E-state index is 0.947. The quantitative estimate of drug-likeness (QED) is 0.571. The van der Waals surface area contributed by atoms with Gasteiger partial charge in [0.05, 0.1) is 0 Å². The first-order chi connectivity index (χ1) is 4.35. The lowest BCUT2D eigenvalue weighted by Crippen LogP contribution is -1.98. The molecular weight excluding hydrogens is 148 g/mol. The summed E-state index contributed by atoms with van der Waals surface area (Å²) in [6.07, 6.45) is 4.82. The minimum absolute atomic E-state index is 0.947. The summed E-state index contributed by atoms with van der Waals surface area (Å²) < 4.78 is 0. The van der Waals surface area contributed by atoms with E-state index >= 15 is 0 Å². The van der Waals surface area contributed by atoms with Crippen molar-refractivity contribution in [1.82, 2.24) is 0 Å². The van der Waals surface area contributed by atoms with E-state index in [2.05, 4.69) is 20.1 Å². The molecule has 0 radical (unpaired) electrons. The van der Waals surface area contributed by atoms with Crippen molar-refractivity contribution in [2.45, 2.75) is 26.7 Å². The summed E-state index contributed by atoms with van der Waals surface area (Å²) in [4.78, 5) is 0. The van der Waals surface area contributed by atoms with Crippen molar-refractivity contribution in [3.63, 3.8) is 0 Å². The molecule has 0 rings (SSSR count). The second-order valence-electron chi connectivity index (χ2n) is 2.13. The van der Waals surface area contributed by atoms with Gasteiger partial charge in [-0.2, -0.15) is 0 Å². The largest absolute Gasteiger partial charge is 0.0976 e. The van der Waals surface area contributed by atoms with E-state index in [0.717, 1.165) is 5.92 Å². The van der Waals surface area contributed by atoms with Crippen molar-refractivity contribution in [2.75, 3.05) is 12.0 Å². The lowest BCUT2D eigenvalue weighted by molar-refractivity contribution is 0.555. The van der Waals surface area contributed by atoms with Gasteiger partial charge in [0.15, 0.2) is 0 Å². The van der Waals surface area contributed by atoms with E-state index in [1.165, 1.54) is 18.6 Å². The molecule has 0 aromatic rings. The standard InChI is InChI=1S/C7H16S2/c1-4-7(5-2)6-9-8-3/h7H,4-6H2,1-3H3. The Labute approximate surface area is 66.6 Å². The third kappa shape index (κ3) is 5.16. The van der Waals surface area contributed by atoms with E-state index in [-0.39, 0.29) is 0 Å².